The number of ether oxygens (including phenoxy) is 1. The first kappa shape index (κ1) is 12.2. The molecule has 0 spiro atoms. The molecule has 96 valence electrons. The van der Waals surface area contributed by atoms with Crippen molar-refractivity contribution < 1.29 is 9.13 Å². The topological polar surface area (TPSA) is 65.1 Å². The van der Waals surface area contributed by atoms with Crippen molar-refractivity contribution in [2.24, 2.45) is 7.05 Å². The fourth-order valence-corrected chi connectivity index (χ4v) is 1.65. The van der Waals surface area contributed by atoms with Crippen molar-refractivity contribution in [1.82, 2.24) is 9.78 Å². The lowest BCUT2D eigenvalue weighted by Gasteiger charge is -2.07. The van der Waals surface area contributed by atoms with Gasteiger partial charge in [0.25, 0.3) is 0 Å². The Balaban J connectivity index is 2.08. The van der Waals surface area contributed by atoms with E-state index in [0.29, 0.717) is 23.8 Å². The summed E-state index contributed by atoms with van der Waals surface area (Å²) in [7, 11) is 3.37. The fraction of sp³-hybridized carbons (Fsp3) is 0.250. The van der Waals surface area contributed by atoms with Gasteiger partial charge in [-0.15, -0.1) is 0 Å². The Morgan fingerprint density at radius 3 is 2.89 bits per heavy atom. The van der Waals surface area contributed by atoms with Gasteiger partial charge in [-0.05, 0) is 18.2 Å². The molecule has 0 aliphatic carbocycles. The third kappa shape index (κ3) is 2.53. The lowest BCUT2D eigenvalue weighted by atomic mass is 10.2. The molecular formula is C12H15FN4O. The zero-order valence-corrected chi connectivity index (χ0v) is 10.3. The lowest BCUT2D eigenvalue weighted by molar-refractivity contribution is 0.373. The summed E-state index contributed by atoms with van der Waals surface area (Å²) in [5.74, 6) is 0.337. The maximum absolute atomic E-state index is 13.1. The Labute approximate surface area is 104 Å². The van der Waals surface area contributed by atoms with Gasteiger partial charge in [0.05, 0.1) is 30.7 Å². The fourth-order valence-electron chi connectivity index (χ4n) is 1.65. The molecule has 0 saturated heterocycles. The van der Waals surface area contributed by atoms with E-state index in [1.165, 1.54) is 18.2 Å². The number of methoxy groups -OCH3 is 1. The first-order valence-corrected chi connectivity index (χ1v) is 5.46. The molecule has 0 atom stereocenters. The van der Waals surface area contributed by atoms with Crippen LogP contribution in [0.5, 0.6) is 5.88 Å². The molecule has 18 heavy (non-hydrogen) atoms. The van der Waals surface area contributed by atoms with Crippen molar-refractivity contribution in [3.63, 3.8) is 0 Å². The Kier molecular flexibility index (Phi) is 3.36. The van der Waals surface area contributed by atoms with E-state index in [0.717, 1.165) is 5.69 Å². The number of rotatable bonds is 4. The molecule has 0 saturated carbocycles. The van der Waals surface area contributed by atoms with E-state index in [1.807, 2.05) is 6.07 Å². The second kappa shape index (κ2) is 4.95. The molecular weight excluding hydrogens is 235 g/mol. The van der Waals surface area contributed by atoms with Crippen LogP contribution in [-0.4, -0.2) is 16.9 Å². The monoisotopic (exact) mass is 250 g/mol. The molecule has 2 rings (SSSR count). The summed E-state index contributed by atoms with van der Waals surface area (Å²) in [4.78, 5) is 0. The van der Waals surface area contributed by atoms with E-state index < -0.39 is 0 Å². The van der Waals surface area contributed by atoms with Crippen LogP contribution in [0.4, 0.5) is 15.8 Å². The van der Waals surface area contributed by atoms with E-state index in [9.17, 15) is 4.39 Å². The van der Waals surface area contributed by atoms with Gasteiger partial charge in [0, 0.05) is 13.1 Å². The average molecular weight is 250 g/mol. The summed E-state index contributed by atoms with van der Waals surface area (Å²) < 4.78 is 19.8. The number of halogens is 1. The lowest BCUT2D eigenvalue weighted by Crippen LogP contribution is -2.04. The first-order chi connectivity index (χ1) is 8.60. The smallest absolute Gasteiger partial charge is 0.211 e. The molecule has 1 aromatic heterocycles. The van der Waals surface area contributed by atoms with Crippen molar-refractivity contribution in [3.05, 3.63) is 35.8 Å². The summed E-state index contributed by atoms with van der Waals surface area (Å²) in [5, 5.41) is 7.28. The molecule has 0 fully saturated rings. The van der Waals surface area contributed by atoms with Gasteiger partial charge in [0.2, 0.25) is 5.88 Å². The van der Waals surface area contributed by atoms with Crippen LogP contribution in [-0.2, 0) is 13.6 Å². The number of aromatic nitrogens is 2. The number of nitrogen functional groups attached to an aromatic ring is 1. The van der Waals surface area contributed by atoms with Crippen LogP contribution >= 0.6 is 0 Å². The molecule has 3 N–H and O–H groups in total. The molecule has 0 aliphatic heterocycles. The summed E-state index contributed by atoms with van der Waals surface area (Å²) >= 11 is 0. The van der Waals surface area contributed by atoms with Crippen LogP contribution in [0, 0.1) is 5.82 Å². The summed E-state index contributed by atoms with van der Waals surface area (Å²) in [6, 6.07) is 6.01. The summed E-state index contributed by atoms with van der Waals surface area (Å²) in [6.45, 7) is 0.449. The summed E-state index contributed by atoms with van der Waals surface area (Å²) in [5.41, 5.74) is 7.58. The van der Waals surface area contributed by atoms with E-state index in [4.69, 9.17) is 10.5 Å². The number of nitrogens with one attached hydrogen (secondary N) is 1. The van der Waals surface area contributed by atoms with Crippen LogP contribution in [0.25, 0.3) is 0 Å². The van der Waals surface area contributed by atoms with Gasteiger partial charge in [0.1, 0.15) is 5.82 Å². The summed E-state index contributed by atoms with van der Waals surface area (Å²) in [6.07, 6.45) is 0. The van der Waals surface area contributed by atoms with Crippen LogP contribution in [0.3, 0.4) is 0 Å². The Bertz CT molecular complexity index is 553. The molecule has 0 amide bonds. The van der Waals surface area contributed by atoms with Gasteiger partial charge >= 0.3 is 0 Å². The molecule has 5 nitrogen and oxygen atoms in total. The number of benzene rings is 1. The van der Waals surface area contributed by atoms with Gasteiger partial charge in [-0.2, -0.15) is 5.10 Å². The van der Waals surface area contributed by atoms with E-state index in [-0.39, 0.29) is 5.82 Å². The van der Waals surface area contributed by atoms with Gasteiger partial charge < -0.3 is 15.8 Å². The predicted octanol–water partition coefficient (Wildman–Crippen LogP) is 1.76. The third-order valence-electron chi connectivity index (χ3n) is 2.57. The molecule has 2 aromatic rings. The van der Waals surface area contributed by atoms with E-state index in [2.05, 4.69) is 10.4 Å². The van der Waals surface area contributed by atoms with Crippen molar-refractivity contribution in [2.45, 2.75) is 6.54 Å². The number of hydrogen-bond acceptors (Lipinski definition) is 4. The number of anilines is 2. The maximum Gasteiger partial charge on any atom is 0.211 e. The molecule has 1 aromatic carbocycles. The predicted molar refractivity (Wildman–Crippen MR) is 67.9 cm³/mol. The second-order valence-corrected chi connectivity index (χ2v) is 3.89. The molecule has 0 radical (unpaired) electrons. The Morgan fingerprint density at radius 1 is 1.44 bits per heavy atom. The van der Waals surface area contributed by atoms with Gasteiger partial charge in [-0.1, -0.05) is 0 Å². The minimum absolute atomic E-state index is 0.328. The largest absolute Gasteiger partial charge is 0.481 e. The number of nitrogens with two attached hydrogens (primary N) is 1. The van der Waals surface area contributed by atoms with Crippen LogP contribution in [0.1, 0.15) is 5.69 Å². The van der Waals surface area contributed by atoms with E-state index in [1.54, 1.807) is 18.8 Å². The number of hydrogen-bond donors (Lipinski definition) is 2. The van der Waals surface area contributed by atoms with E-state index >= 15 is 0 Å². The van der Waals surface area contributed by atoms with Crippen LogP contribution < -0.4 is 15.8 Å². The highest BCUT2D eigenvalue weighted by molar-refractivity contribution is 5.65. The highest BCUT2D eigenvalue weighted by atomic mass is 19.1. The normalized spacial score (nSPS) is 10.4. The van der Waals surface area contributed by atoms with Crippen LogP contribution in [0.15, 0.2) is 24.3 Å². The zero-order valence-electron chi connectivity index (χ0n) is 10.3. The Hall–Kier alpha value is -2.24. The molecule has 0 unspecified atom stereocenters. The molecule has 0 bridgehead atoms. The second-order valence-electron chi connectivity index (χ2n) is 3.89. The minimum atomic E-state index is -0.328. The van der Waals surface area contributed by atoms with Gasteiger partial charge in [0.15, 0.2) is 0 Å². The molecule has 1 heterocycles. The van der Waals surface area contributed by atoms with Crippen molar-refractivity contribution in [2.75, 3.05) is 18.2 Å². The molecule has 0 aliphatic rings. The number of nitrogens with zero attached hydrogens (tertiary/aromatic N) is 2. The van der Waals surface area contributed by atoms with Crippen molar-refractivity contribution in [3.8, 4) is 5.88 Å². The highest BCUT2D eigenvalue weighted by Crippen LogP contribution is 2.20. The quantitative estimate of drug-likeness (QED) is 0.811. The van der Waals surface area contributed by atoms with Crippen molar-refractivity contribution in [1.29, 1.82) is 0 Å². The Morgan fingerprint density at radius 2 is 2.22 bits per heavy atom. The van der Waals surface area contributed by atoms with Gasteiger partial charge in [-0.3, -0.25) is 0 Å². The first-order valence-electron chi connectivity index (χ1n) is 5.46. The average Bonchev–Trinajstić information content (AvgIpc) is 2.71. The maximum atomic E-state index is 13.1. The minimum Gasteiger partial charge on any atom is -0.481 e. The standard InChI is InChI=1S/C12H15FN4O/c1-17-12(18-2)6-9(16-17)7-15-11-5-8(13)3-4-10(11)14/h3-6,15H,7,14H2,1-2H3. The van der Waals surface area contributed by atoms with Gasteiger partial charge in [-0.25, -0.2) is 9.07 Å². The third-order valence-corrected chi connectivity index (χ3v) is 2.57. The molecule has 6 heteroatoms. The number of aryl methyl sites for hydroxylation is 1. The highest BCUT2D eigenvalue weighted by Gasteiger charge is 2.06. The van der Waals surface area contributed by atoms with Crippen molar-refractivity contribution >= 4 is 11.4 Å². The SMILES string of the molecule is COc1cc(CNc2cc(F)ccc2N)nn1C. The zero-order chi connectivity index (χ0) is 13.1. The van der Waals surface area contributed by atoms with Crippen LogP contribution in [0.2, 0.25) is 0 Å².